The molecule has 1 saturated heterocycles. The highest BCUT2D eigenvalue weighted by molar-refractivity contribution is 5.46. The fraction of sp³-hybridized carbons (Fsp3) is 0.667. The van der Waals surface area contributed by atoms with Crippen LogP contribution >= 0.6 is 0 Å². The number of nitrogens with one attached hydrogen (secondary N) is 2. The van der Waals surface area contributed by atoms with E-state index < -0.39 is 0 Å². The lowest BCUT2D eigenvalue weighted by Crippen LogP contribution is -2.22. The molecule has 0 aliphatic carbocycles. The third kappa shape index (κ3) is 3.82. The van der Waals surface area contributed by atoms with Gasteiger partial charge in [-0.25, -0.2) is 15.8 Å². The van der Waals surface area contributed by atoms with Gasteiger partial charge in [-0.05, 0) is 32.6 Å². The molecule has 6 heteroatoms. The van der Waals surface area contributed by atoms with Gasteiger partial charge in [0.15, 0.2) is 0 Å². The highest BCUT2D eigenvalue weighted by atomic mass is 16.5. The van der Waals surface area contributed by atoms with Crippen molar-refractivity contribution < 1.29 is 4.74 Å². The van der Waals surface area contributed by atoms with Crippen molar-refractivity contribution in [2.45, 2.75) is 38.7 Å². The number of aryl methyl sites for hydroxylation is 1. The van der Waals surface area contributed by atoms with Crippen LogP contribution in [0.25, 0.3) is 0 Å². The number of hydrazine groups is 1. The third-order valence-electron chi connectivity index (χ3n) is 3.03. The van der Waals surface area contributed by atoms with E-state index in [1.165, 1.54) is 19.3 Å². The van der Waals surface area contributed by atoms with Crippen LogP contribution < -0.4 is 16.6 Å². The number of aromatic nitrogens is 2. The summed E-state index contributed by atoms with van der Waals surface area (Å²) in [5, 5.41) is 3.28. The minimum absolute atomic E-state index is 0.390. The van der Waals surface area contributed by atoms with Gasteiger partial charge in [0.25, 0.3) is 0 Å². The van der Waals surface area contributed by atoms with Crippen LogP contribution in [0.15, 0.2) is 6.07 Å². The number of ether oxygens (including phenoxy) is 1. The molecular formula is C12H21N5O. The van der Waals surface area contributed by atoms with Gasteiger partial charge in [0.2, 0.25) is 0 Å². The molecule has 1 aliphatic rings. The maximum Gasteiger partial charge on any atom is 0.145 e. The Kier molecular flexibility index (Phi) is 4.72. The van der Waals surface area contributed by atoms with Crippen molar-refractivity contribution in [3.63, 3.8) is 0 Å². The van der Waals surface area contributed by atoms with Gasteiger partial charge in [-0.1, -0.05) is 0 Å². The first kappa shape index (κ1) is 13.0. The molecule has 0 spiro atoms. The van der Waals surface area contributed by atoms with Crippen LogP contribution in [0.3, 0.4) is 0 Å². The standard InChI is InChI=1S/C12H21N5O/c1-9-15-11(8-12(16-9)17-13)14-6-5-10-4-2-3-7-18-10/h8,10H,2-7,13H2,1H3,(H2,14,15,16,17). The average molecular weight is 251 g/mol. The summed E-state index contributed by atoms with van der Waals surface area (Å²) in [5.41, 5.74) is 2.53. The van der Waals surface area contributed by atoms with Gasteiger partial charge in [-0.15, -0.1) is 0 Å². The molecule has 1 atom stereocenters. The molecule has 4 N–H and O–H groups in total. The van der Waals surface area contributed by atoms with Crippen molar-refractivity contribution in [2.24, 2.45) is 5.84 Å². The van der Waals surface area contributed by atoms with E-state index in [0.717, 1.165) is 25.4 Å². The van der Waals surface area contributed by atoms with E-state index in [1.807, 2.05) is 6.92 Å². The van der Waals surface area contributed by atoms with Crippen molar-refractivity contribution in [1.82, 2.24) is 9.97 Å². The largest absolute Gasteiger partial charge is 0.378 e. The van der Waals surface area contributed by atoms with Crippen molar-refractivity contribution >= 4 is 11.6 Å². The summed E-state index contributed by atoms with van der Waals surface area (Å²) in [4.78, 5) is 8.44. The second-order valence-electron chi connectivity index (χ2n) is 4.53. The van der Waals surface area contributed by atoms with Gasteiger partial charge in [-0.3, -0.25) is 0 Å². The van der Waals surface area contributed by atoms with E-state index in [0.29, 0.717) is 17.7 Å². The van der Waals surface area contributed by atoms with Crippen LogP contribution in [-0.4, -0.2) is 29.2 Å². The molecule has 1 aromatic heterocycles. The fourth-order valence-electron chi connectivity index (χ4n) is 2.13. The lowest BCUT2D eigenvalue weighted by Gasteiger charge is -2.22. The van der Waals surface area contributed by atoms with Crippen LogP contribution in [0.4, 0.5) is 11.6 Å². The van der Waals surface area contributed by atoms with E-state index in [4.69, 9.17) is 10.6 Å². The molecule has 2 rings (SSSR count). The summed E-state index contributed by atoms with van der Waals surface area (Å²) >= 11 is 0. The number of rotatable bonds is 5. The maximum absolute atomic E-state index is 5.68. The summed E-state index contributed by atoms with van der Waals surface area (Å²) in [7, 11) is 0. The zero-order valence-electron chi connectivity index (χ0n) is 10.8. The number of nitrogens with zero attached hydrogens (tertiary/aromatic N) is 2. The van der Waals surface area contributed by atoms with E-state index in [9.17, 15) is 0 Å². The van der Waals surface area contributed by atoms with Crippen LogP contribution in [0.2, 0.25) is 0 Å². The van der Waals surface area contributed by atoms with Crippen LogP contribution in [0.1, 0.15) is 31.5 Å². The Morgan fingerprint density at radius 1 is 1.39 bits per heavy atom. The molecule has 1 unspecified atom stereocenters. The lowest BCUT2D eigenvalue weighted by atomic mass is 10.1. The Morgan fingerprint density at radius 3 is 2.94 bits per heavy atom. The van der Waals surface area contributed by atoms with Gasteiger partial charge < -0.3 is 15.5 Å². The molecule has 18 heavy (non-hydrogen) atoms. The number of nitrogen functional groups attached to an aromatic ring is 1. The predicted molar refractivity (Wildman–Crippen MR) is 71.3 cm³/mol. The monoisotopic (exact) mass is 251 g/mol. The Hall–Kier alpha value is -1.40. The first-order chi connectivity index (χ1) is 8.78. The Balaban J connectivity index is 1.80. The molecule has 6 nitrogen and oxygen atoms in total. The number of hydrogen-bond acceptors (Lipinski definition) is 6. The molecule has 1 aromatic rings. The summed E-state index contributed by atoms with van der Waals surface area (Å²) in [6, 6.07) is 1.80. The van der Waals surface area contributed by atoms with Crippen molar-refractivity contribution in [1.29, 1.82) is 0 Å². The first-order valence-corrected chi connectivity index (χ1v) is 6.45. The van der Waals surface area contributed by atoms with Gasteiger partial charge in [0.1, 0.15) is 17.5 Å². The van der Waals surface area contributed by atoms with Gasteiger partial charge in [-0.2, -0.15) is 0 Å². The fourth-order valence-corrected chi connectivity index (χ4v) is 2.13. The molecule has 0 amide bonds. The summed E-state index contributed by atoms with van der Waals surface area (Å²) < 4.78 is 5.68. The third-order valence-corrected chi connectivity index (χ3v) is 3.03. The quantitative estimate of drug-likeness (QED) is 0.542. The minimum Gasteiger partial charge on any atom is -0.378 e. The predicted octanol–water partition coefficient (Wildman–Crippen LogP) is 1.44. The molecule has 2 heterocycles. The highest BCUT2D eigenvalue weighted by Gasteiger charge is 2.13. The topological polar surface area (TPSA) is 85.1 Å². The number of nitrogens with two attached hydrogens (primary N) is 1. The Bertz CT molecular complexity index is 379. The zero-order valence-corrected chi connectivity index (χ0v) is 10.8. The second kappa shape index (κ2) is 6.51. The van der Waals surface area contributed by atoms with Crippen molar-refractivity contribution in [3.8, 4) is 0 Å². The van der Waals surface area contributed by atoms with E-state index in [-0.39, 0.29) is 0 Å². The molecular weight excluding hydrogens is 230 g/mol. The normalized spacial score (nSPS) is 19.6. The first-order valence-electron chi connectivity index (χ1n) is 6.45. The number of anilines is 2. The maximum atomic E-state index is 5.68. The molecule has 0 aromatic carbocycles. The molecule has 0 radical (unpaired) electrons. The molecule has 1 fully saturated rings. The second-order valence-corrected chi connectivity index (χ2v) is 4.53. The Morgan fingerprint density at radius 2 is 2.22 bits per heavy atom. The van der Waals surface area contributed by atoms with Gasteiger partial charge >= 0.3 is 0 Å². The number of hydrogen-bond donors (Lipinski definition) is 3. The average Bonchev–Trinajstić information content (AvgIpc) is 2.39. The minimum atomic E-state index is 0.390. The summed E-state index contributed by atoms with van der Waals surface area (Å²) in [5.74, 6) is 7.46. The SMILES string of the molecule is Cc1nc(NN)cc(NCCC2CCCCO2)n1. The van der Waals surface area contributed by atoms with Crippen molar-refractivity contribution in [2.75, 3.05) is 23.9 Å². The Labute approximate surface area is 107 Å². The van der Waals surface area contributed by atoms with Crippen LogP contribution in [0.5, 0.6) is 0 Å². The smallest absolute Gasteiger partial charge is 0.145 e. The summed E-state index contributed by atoms with van der Waals surface area (Å²) in [6.45, 7) is 3.60. The van der Waals surface area contributed by atoms with Gasteiger partial charge in [0.05, 0.1) is 6.10 Å². The van der Waals surface area contributed by atoms with Crippen molar-refractivity contribution in [3.05, 3.63) is 11.9 Å². The lowest BCUT2D eigenvalue weighted by molar-refractivity contribution is 0.0134. The highest BCUT2D eigenvalue weighted by Crippen LogP contribution is 2.16. The van der Waals surface area contributed by atoms with E-state index in [2.05, 4.69) is 20.7 Å². The molecule has 0 bridgehead atoms. The molecule has 0 saturated carbocycles. The van der Waals surface area contributed by atoms with Crippen LogP contribution in [0, 0.1) is 6.92 Å². The van der Waals surface area contributed by atoms with Gasteiger partial charge in [0, 0.05) is 19.2 Å². The van der Waals surface area contributed by atoms with E-state index >= 15 is 0 Å². The zero-order chi connectivity index (χ0) is 12.8. The van der Waals surface area contributed by atoms with E-state index in [1.54, 1.807) is 6.07 Å². The van der Waals surface area contributed by atoms with Crippen LogP contribution in [-0.2, 0) is 4.74 Å². The summed E-state index contributed by atoms with van der Waals surface area (Å²) in [6.07, 6.45) is 5.04. The molecule has 100 valence electrons. The molecule has 1 aliphatic heterocycles.